The van der Waals surface area contributed by atoms with Gasteiger partial charge in [-0.15, -0.1) is 0 Å². The highest BCUT2D eigenvalue weighted by molar-refractivity contribution is 5.75. The van der Waals surface area contributed by atoms with Crippen LogP contribution in [0.2, 0.25) is 0 Å². The Morgan fingerprint density at radius 3 is 3.00 bits per heavy atom. The maximum Gasteiger partial charge on any atom is 0.114 e. The van der Waals surface area contributed by atoms with E-state index in [-0.39, 0.29) is 0 Å². The highest BCUT2D eigenvalue weighted by Gasteiger charge is 2.21. The minimum atomic E-state index is 0.586. The van der Waals surface area contributed by atoms with Crippen LogP contribution in [0.1, 0.15) is 18.2 Å². The van der Waals surface area contributed by atoms with E-state index in [4.69, 9.17) is 4.98 Å². The van der Waals surface area contributed by atoms with Gasteiger partial charge in [0.2, 0.25) is 0 Å². The van der Waals surface area contributed by atoms with Crippen molar-refractivity contribution in [1.82, 2.24) is 14.9 Å². The molecule has 2 heterocycles. The fourth-order valence-electron chi connectivity index (χ4n) is 2.40. The van der Waals surface area contributed by atoms with Gasteiger partial charge in [0, 0.05) is 19.5 Å². The Kier molecular flexibility index (Phi) is 1.99. The molecule has 0 aliphatic carbocycles. The van der Waals surface area contributed by atoms with Crippen LogP contribution >= 0.6 is 0 Å². The van der Waals surface area contributed by atoms with Crippen LogP contribution in [0.15, 0.2) is 24.3 Å². The van der Waals surface area contributed by atoms with Crippen molar-refractivity contribution in [2.75, 3.05) is 13.1 Å². The SMILES string of the molecule is Cn1c([C@@H]2CCNC2)nc2ccccc21. The number of imidazole rings is 1. The summed E-state index contributed by atoms with van der Waals surface area (Å²) in [7, 11) is 2.11. The summed E-state index contributed by atoms with van der Waals surface area (Å²) in [6.07, 6.45) is 1.21. The van der Waals surface area contributed by atoms with Crippen molar-refractivity contribution >= 4 is 11.0 Å². The average Bonchev–Trinajstić information content (AvgIpc) is 2.87. The summed E-state index contributed by atoms with van der Waals surface area (Å²) in [6.45, 7) is 2.19. The number of hydrogen-bond donors (Lipinski definition) is 1. The predicted molar refractivity (Wildman–Crippen MR) is 60.9 cm³/mol. The Hall–Kier alpha value is -1.35. The highest BCUT2D eigenvalue weighted by Crippen LogP contribution is 2.24. The monoisotopic (exact) mass is 201 g/mol. The number of fused-ring (bicyclic) bond motifs is 1. The summed E-state index contributed by atoms with van der Waals surface area (Å²) in [4.78, 5) is 4.72. The number of nitrogens with zero attached hydrogens (tertiary/aromatic N) is 2. The van der Waals surface area contributed by atoms with Crippen molar-refractivity contribution in [3.63, 3.8) is 0 Å². The first-order valence-corrected chi connectivity index (χ1v) is 5.48. The smallest absolute Gasteiger partial charge is 0.114 e. The largest absolute Gasteiger partial charge is 0.331 e. The summed E-state index contributed by atoms with van der Waals surface area (Å²) in [6, 6.07) is 8.34. The summed E-state index contributed by atoms with van der Waals surface area (Å²) < 4.78 is 2.23. The third kappa shape index (κ3) is 1.35. The molecule has 0 radical (unpaired) electrons. The van der Waals surface area contributed by atoms with Crippen LogP contribution in [0, 0.1) is 0 Å². The highest BCUT2D eigenvalue weighted by atomic mass is 15.1. The average molecular weight is 201 g/mol. The second-order valence-electron chi connectivity index (χ2n) is 4.21. The maximum absolute atomic E-state index is 4.72. The summed E-state index contributed by atoms with van der Waals surface area (Å²) in [5, 5.41) is 3.39. The third-order valence-electron chi connectivity index (χ3n) is 3.25. The van der Waals surface area contributed by atoms with E-state index in [1.54, 1.807) is 0 Å². The quantitative estimate of drug-likeness (QED) is 0.760. The fraction of sp³-hybridized carbons (Fsp3) is 0.417. The van der Waals surface area contributed by atoms with Crippen LogP contribution in [0.3, 0.4) is 0 Å². The van der Waals surface area contributed by atoms with Crippen molar-refractivity contribution < 1.29 is 0 Å². The van der Waals surface area contributed by atoms with Crippen LogP contribution in [0.25, 0.3) is 11.0 Å². The molecule has 0 unspecified atom stereocenters. The third-order valence-corrected chi connectivity index (χ3v) is 3.25. The molecule has 3 nitrogen and oxygen atoms in total. The zero-order chi connectivity index (χ0) is 10.3. The van der Waals surface area contributed by atoms with Gasteiger partial charge in [-0.2, -0.15) is 0 Å². The molecule has 0 saturated carbocycles. The van der Waals surface area contributed by atoms with Gasteiger partial charge >= 0.3 is 0 Å². The van der Waals surface area contributed by atoms with Gasteiger partial charge in [0.1, 0.15) is 5.82 Å². The molecule has 0 bridgehead atoms. The molecule has 1 saturated heterocycles. The van der Waals surface area contributed by atoms with Crippen LogP contribution in [-0.4, -0.2) is 22.6 Å². The van der Waals surface area contributed by atoms with Crippen LogP contribution < -0.4 is 5.32 Å². The molecule has 15 heavy (non-hydrogen) atoms. The van der Waals surface area contributed by atoms with E-state index in [1.165, 1.54) is 17.8 Å². The summed E-state index contributed by atoms with van der Waals surface area (Å²) >= 11 is 0. The van der Waals surface area contributed by atoms with Crippen molar-refractivity contribution in [2.45, 2.75) is 12.3 Å². The molecule has 1 aromatic heterocycles. The number of rotatable bonds is 1. The van der Waals surface area contributed by atoms with E-state index in [1.807, 2.05) is 6.07 Å². The van der Waals surface area contributed by atoms with Crippen LogP contribution in [-0.2, 0) is 7.05 Å². The van der Waals surface area contributed by atoms with Crippen molar-refractivity contribution in [1.29, 1.82) is 0 Å². The number of aromatic nitrogens is 2. The molecule has 78 valence electrons. The van der Waals surface area contributed by atoms with Crippen molar-refractivity contribution in [2.24, 2.45) is 7.05 Å². The Morgan fingerprint density at radius 1 is 1.40 bits per heavy atom. The van der Waals surface area contributed by atoms with E-state index >= 15 is 0 Å². The van der Waals surface area contributed by atoms with Gasteiger partial charge < -0.3 is 9.88 Å². The minimum Gasteiger partial charge on any atom is -0.331 e. The van der Waals surface area contributed by atoms with Gasteiger partial charge in [0.25, 0.3) is 0 Å². The molecule has 1 aromatic carbocycles. The molecule has 3 heteroatoms. The lowest BCUT2D eigenvalue weighted by atomic mass is 10.1. The van der Waals surface area contributed by atoms with E-state index in [9.17, 15) is 0 Å². The molecular formula is C12H15N3. The lowest BCUT2D eigenvalue weighted by Crippen LogP contribution is -2.11. The van der Waals surface area contributed by atoms with E-state index in [2.05, 4.69) is 35.1 Å². The van der Waals surface area contributed by atoms with E-state index < -0.39 is 0 Å². The molecule has 0 spiro atoms. The van der Waals surface area contributed by atoms with Gasteiger partial charge in [0.15, 0.2) is 0 Å². The zero-order valence-electron chi connectivity index (χ0n) is 8.90. The molecule has 2 aromatic rings. The van der Waals surface area contributed by atoms with Crippen LogP contribution in [0.4, 0.5) is 0 Å². The molecule has 3 rings (SSSR count). The lowest BCUT2D eigenvalue weighted by molar-refractivity contribution is 0.667. The Morgan fingerprint density at radius 2 is 2.27 bits per heavy atom. The molecular weight excluding hydrogens is 186 g/mol. The van der Waals surface area contributed by atoms with Crippen molar-refractivity contribution in [3.8, 4) is 0 Å². The standard InChI is InChI=1S/C12H15N3/c1-15-11-5-3-2-4-10(11)14-12(15)9-6-7-13-8-9/h2-5,9,13H,6-8H2,1H3/t9-/m1/s1. The first kappa shape index (κ1) is 8.92. The van der Waals surface area contributed by atoms with Crippen molar-refractivity contribution in [3.05, 3.63) is 30.1 Å². The van der Waals surface area contributed by atoms with Crippen LogP contribution in [0.5, 0.6) is 0 Å². The second-order valence-corrected chi connectivity index (χ2v) is 4.21. The lowest BCUT2D eigenvalue weighted by Gasteiger charge is -2.07. The molecule has 1 atom stereocenters. The van der Waals surface area contributed by atoms with Gasteiger partial charge in [-0.1, -0.05) is 12.1 Å². The number of hydrogen-bond acceptors (Lipinski definition) is 2. The van der Waals surface area contributed by atoms with E-state index in [0.717, 1.165) is 18.6 Å². The number of benzene rings is 1. The van der Waals surface area contributed by atoms with Gasteiger partial charge in [-0.3, -0.25) is 0 Å². The van der Waals surface area contributed by atoms with Gasteiger partial charge in [-0.25, -0.2) is 4.98 Å². The fourth-order valence-corrected chi connectivity index (χ4v) is 2.40. The Labute approximate surface area is 89.1 Å². The zero-order valence-corrected chi connectivity index (χ0v) is 8.90. The van der Waals surface area contributed by atoms with E-state index in [0.29, 0.717) is 5.92 Å². The second kappa shape index (κ2) is 3.35. The molecule has 1 fully saturated rings. The Bertz CT molecular complexity index is 481. The van der Waals surface area contributed by atoms with Gasteiger partial charge in [0.05, 0.1) is 11.0 Å². The summed E-state index contributed by atoms with van der Waals surface area (Å²) in [5.74, 6) is 1.81. The first-order valence-electron chi connectivity index (χ1n) is 5.48. The molecule has 1 aliphatic heterocycles. The molecule has 1 aliphatic rings. The number of para-hydroxylation sites is 2. The normalized spacial score (nSPS) is 21.3. The molecule has 1 N–H and O–H groups in total. The first-order chi connectivity index (χ1) is 7.36. The molecule has 0 amide bonds. The predicted octanol–water partition coefficient (Wildman–Crippen LogP) is 1.65. The maximum atomic E-state index is 4.72. The summed E-state index contributed by atoms with van der Waals surface area (Å²) in [5.41, 5.74) is 2.35. The topological polar surface area (TPSA) is 29.9 Å². The Balaban J connectivity index is 2.14. The van der Waals surface area contributed by atoms with Gasteiger partial charge in [-0.05, 0) is 25.1 Å². The number of nitrogens with one attached hydrogen (secondary N) is 1. The number of aryl methyl sites for hydroxylation is 1. The minimum absolute atomic E-state index is 0.586.